The summed E-state index contributed by atoms with van der Waals surface area (Å²) in [7, 11) is 0. The molecule has 0 saturated carbocycles. The van der Waals surface area contributed by atoms with Crippen molar-refractivity contribution in [2.24, 2.45) is 0 Å². The predicted octanol–water partition coefficient (Wildman–Crippen LogP) is 2.65. The molecule has 3 rings (SSSR count). The number of rotatable bonds is 3. The Morgan fingerprint density at radius 1 is 1.37 bits per heavy atom. The Hall–Kier alpha value is -0.870. The van der Waals surface area contributed by atoms with Crippen molar-refractivity contribution < 1.29 is 4.79 Å². The smallest absolute Gasteiger partial charge is 0.236 e. The first-order chi connectivity index (χ1) is 9.25. The number of nitrogens with one attached hydrogen (secondary N) is 1. The molecule has 102 valence electrons. The fourth-order valence-corrected chi connectivity index (χ4v) is 3.69. The van der Waals surface area contributed by atoms with Gasteiger partial charge in [-0.3, -0.25) is 4.79 Å². The third-order valence-corrected chi connectivity index (χ3v) is 4.91. The lowest BCUT2D eigenvalue weighted by Gasteiger charge is -2.18. The Morgan fingerprint density at radius 3 is 2.95 bits per heavy atom. The van der Waals surface area contributed by atoms with Crippen LogP contribution < -0.4 is 5.32 Å². The van der Waals surface area contributed by atoms with Gasteiger partial charge in [-0.2, -0.15) is 0 Å². The highest BCUT2D eigenvalue weighted by Gasteiger charge is 2.25. The number of likely N-dealkylation sites (tertiary alicyclic amines) is 1. The van der Waals surface area contributed by atoms with E-state index in [1.165, 1.54) is 15.6 Å². The summed E-state index contributed by atoms with van der Waals surface area (Å²) in [6, 6.07) is 6.67. The van der Waals surface area contributed by atoms with Crippen LogP contribution >= 0.6 is 15.9 Å². The van der Waals surface area contributed by atoms with E-state index < -0.39 is 0 Å². The Kier molecular flexibility index (Phi) is 3.89. The Labute approximate surface area is 122 Å². The van der Waals surface area contributed by atoms with Crippen LogP contribution in [0.4, 0.5) is 0 Å². The number of fused-ring (bicyclic) bond motifs is 1. The zero-order valence-electron chi connectivity index (χ0n) is 11.0. The summed E-state index contributed by atoms with van der Waals surface area (Å²) in [5.41, 5.74) is 2.75. The van der Waals surface area contributed by atoms with Crippen molar-refractivity contribution in [3.05, 3.63) is 33.8 Å². The van der Waals surface area contributed by atoms with Crippen LogP contribution in [0.3, 0.4) is 0 Å². The van der Waals surface area contributed by atoms with Gasteiger partial charge in [0.15, 0.2) is 0 Å². The van der Waals surface area contributed by atoms with E-state index in [1.807, 2.05) is 4.90 Å². The minimum atomic E-state index is 0.251. The zero-order chi connectivity index (χ0) is 13.2. The van der Waals surface area contributed by atoms with Gasteiger partial charge in [0.05, 0.1) is 6.54 Å². The molecule has 1 aliphatic carbocycles. The second-order valence-electron chi connectivity index (χ2n) is 5.37. The van der Waals surface area contributed by atoms with E-state index >= 15 is 0 Å². The van der Waals surface area contributed by atoms with Crippen LogP contribution in [0.25, 0.3) is 0 Å². The highest BCUT2D eigenvalue weighted by Crippen LogP contribution is 2.35. The van der Waals surface area contributed by atoms with Crippen LogP contribution in [-0.2, 0) is 11.2 Å². The van der Waals surface area contributed by atoms with Gasteiger partial charge in [-0.15, -0.1) is 0 Å². The molecule has 1 unspecified atom stereocenters. The number of carbonyl (C=O) groups is 1. The largest absolute Gasteiger partial charge is 0.342 e. The van der Waals surface area contributed by atoms with Crippen molar-refractivity contribution in [3.8, 4) is 0 Å². The van der Waals surface area contributed by atoms with Crippen molar-refractivity contribution in [2.75, 3.05) is 19.6 Å². The summed E-state index contributed by atoms with van der Waals surface area (Å²) in [5, 5.41) is 3.43. The standard InChI is InChI=1S/C15H19BrN2O/c16-13-5-3-4-12-11(13)6-7-14(12)17-10-15(19)18-8-1-2-9-18/h3-5,14,17H,1-2,6-10H2. The minimum Gasteiger partial charge on any atom is -0.342 e. The first kappa shape index (κ1) is 13.1. The Bertz CT molecular complexity index is 483. The van der Waals surface area contributed by atoms with E-state index in [2.05, 4.69) is 39.4 Å². The molecule has 1 aliphatic heterocycles. The lowest BCUT2D eigenvalue weighted by molar-refractivity contribution is -0.129. The number of nitrogens with zero attached hydrogens (tertiary/aromatic N) is 1. The molecule has 1 saturated heterocycles. The second-order valence-corrected chi connectivity index (χ2v) is 6.22. The van der Waals surface area contributed by atoms with E-state index in [4.69, 9.17) is 0 Å². The lowest BCUT2D eigenvalue weighted by Crippen LogP contribution is -2.37. The van der Waals surface area contributed by atoms with Gasteiger partial charge in [-0.25, -0.2) is 0 Å². The van der Waals surface area contributed by atoms with Gasteiger partial charge in [-0.1, -0.05) is 28.1 Å². The molecule has 1 amide bonds. The van der Waals surface area contributed by atoms with E-state index in [1.54, 1.807) is 0 Å². The number of hydrogen-bond acceptors (Lipinski definition) is 2. The highest BCUT2D eigenvalue weighted by atomic mass is 79.9. The summed E-state index contributed by atoms with van der Waals surface area (Å²) in [6.07, 6.45) is 4.49. The predicted molar refractivity (Wildman–Crippen MR) is 79.0 cm³/mol. The van der Waals surface area contributed by atoms with Crippen molar-refractivity contribution in [1.29, 1.82) is 0 Å². The number of carbonyl (C=O) groups excluding carboxylic acids is 1. The van der Waals surface area contributed by atoms with E-state index in [0.717, 1.165) is 38.8 Å². The summed E-state index contributed by atoms with van der Waals surface area (Å²) >= 11 is 3.61. The zero-order valence-corrected chi connectivity index (χ0v) is 12.6. The van der Waals surface area contributed by atoms with Gasteiger partial charge in [0.1, 0.15) is 0 Å². The van der Waals surface area contributed by atoms with Gasteiger partial charge < -0.3 is 10.2 Å². The number of benzene rings is 1. The molecule has 3 nitrogen and oxygen atoms in total. The second kappa shape index (κ2) is 5.63. The number of amides is 1. The van der Waals surface area contributed by atoms with Crippen LogP contribution in [0, 0.1) is 0 Å². The fourth-order valence-electron chi connectivity index (χ4n) is 3.11. The number of hydrogen-bond donors (Lipinski definition) is 1. The van der Waals surface area contributed by atoms with Crippen molar-refractivity contribution >= 4 is 21.8 Å². The summed E-state index contributed by atoms with van der Waals surface area (Å²) in [6.45, 7) is 2.34. The molecule has 1 heterocycles. The first-order valence-corrected chi connectivity index (χ1v) is 7.83. The van der Waals surface area contributed by atoms with Gasteiger partial charge in [0, 0.05) is 23.6 Å². The fraction of sp³-hybridized carbons (Fsp3) is 0.533. The van der Waals surface area contributed by atoms with Crippen LogP contribution in [0.1, 0.15) is 36.4 Å². The molecule has 1 N–H and O–H groups in total. The quantitative estimate of drug-likeness (QED) is 0.927. The Morgan fingerprint density at radius 2 is 2.16 bits per heavy atom. The minimum absolute atomic E-state index is 0.251. The molecular weight excluding hydrogens is 304 g/mol. The average molecular weight is 323 g/mol. The van der Waals surface area contributed by atoms with Crippen molar-refractivity contribution in [3.63, 3.8) is 0 Å². The van der Waals surface area contributed by atoms with E-state index in [-0.39, 0.29) is 5.91 Å². The molecule has 4 heteroatoms. The van der Waals surface area contributed by atoms with Gasteiger partial charge in [0.2, 0.25) is 5.91 Å². The normalized spacial score (nSPS) is 21.7. The maximum atomic E-state index is 12.0. The molecular formula is C15H19BrN2O. The first-order valence-electron chi connectivity index (χ1n) is 7.04. The third kappa shape index (κ3) is 2.70. The van der Waals surface area contributed by atoms with Crippen LogP contribution in [0.2, 0.25) is 0 Å². The molecule has 1 atom stereocenters. The molecule has 1 fully saturated rings. The molecule has 0 bridgehead atoms. The maximum Gasteiger partial charge on any atom is 0.236 e. The lowest BCUT2D eigenvalue weighted by atomic mass is 10.1. The summed E-state index contributed by atoms with van der Waals surface area (Å²) < 4.78 is 1.19. The van der Waals surface area contributed by atoms with Crippen molar-refractivity contribution in [2.45, 2.75) is 31.7 Å². The third-order valence-electron chi connectivity index (χ3n) is 4.17. The molecule has 0 spiro atoms. The number of halogens is 1. The topological polar surface area (TPSA) is 32.3 Å². The summed E-state index contributed by atoms with van der Waals surface area (Å²) in [5.74, 6) is 0.251. The molecule has 19 heavy (non-hydrogen) atoms. The van der Waals surface area contributed by atoms with Crippen LogP contribution in [0.5, 0.6) is 0 Å². The molecule has 1 aromatic rings. The van der Waals surface area contributed by atoms with Crippen molar-refractivity contribution in [1.82, 2.24) is 10.2 Å². The maximum absolute atomic E-state index is 12.0. The van der Waals surface area contributed by atoms with Crippen LogP contribution in [0.15, 0.2) is 22.7 Å². The molecule has 2 aliphatic rings. The Balaban J connectivity index is 1.60. The van der Waals surface area contributed by atoms with E-state index in [9.17, 15) is 4.79 Å². The van der Waals surface area contributed by atoms with Crippen LogP contribution in [-0.4, -0.2) is 30.4 Å². The molecule has 0 radical (unpaired) electrons. The van der Waals surface area contributed by atoms with Gasteiger partial charge in [0.25, 0.3) is 0 Å². The summed E-state index contributed by atoms with van der Waals surface area (Å²) in [4.78, 5) is 14.0. The average Bonchev–Trinajstić information content (AvgIpc) is 3.06. The molecule has 1 aromatic carbocycles. The van der Waals surface area contributed by atoms with E-state index in [0.29, 0.717) is 12.6 Å². The molecule has 0 aromatic heterocycles. The van der Waals surface area contributed by atoms with Gasteiger partial charge >= 0.3 is 0 Å². The van der Waals surface area contributed by atoms with Gasteiger partial charge in [-0.05, 0) is 42.9 Å². The SMILES string of the molecule is O=C(CNC1CCc2c(Br)cccc21)N1CCCC1. The highest BCUT2D eigenvalue weighted by molar-refractivity contribution is 9.10. The monoisotopic (exact) mass is 322 g/mol.